The fourth-order valence-electron chi connectivity index (χ4n) is 10.8. The number of amides is 6. The topological polar surface area (TPSA) is 187 Å². The van der Waals surface area contributed by atoms with E-state index in [9.17, 15) is 28.8 Å². The van der Waals surface area contributed by atoms with Crippen LogP contribution >= 0.6 is 0 Å². The van der Waals surface area contributed by atoms with E-state index in [0.717, 1.165) is 54.2 Å². The molecule has 8 rings (SSSR count). The second-order valence-corrected chi connectivity index (χ2v) is 19.9. The highest BCUT2D eigenvalue weighted by Gasteiger charge is 2.40. The van der Waals surface area contributed by atoms with E-state index in [2.05, 4.69) is 42.7 Å². The van der Waals surface area contributed by atoms with E-state index in [0.29, 0.717) is 67.8 Å². The molecule has 4 atom stereocenters. The highest BCUT2D eigenvalue weighted by atomic mass is 16.5. The Kier molecular flexibility index (Phi) is 18.6. The summed E-state index contributed by atoms with van der Waals surface area (Å²) in [7, 11) is 4.68. The molecule has 0 radical (unpaired) electrons. The normalized spacial score (nSPS) is 18.0. The number of hydrogen-bond acceptors (Lipinski definition) is 10. The zero-order chi connectivity index (χ0) is 52.0. The molecule has 4 aromatic carbocycles. The van der Waals surface area contributed by atoms with Gasteiger partial charge in [0.2, 0.25) is 11.8 Å². The van der Waals surface area contributed by atoms with E-state index in [-0.39, 0.29) is 11.8 Å². The van der Waals surface area contributed by atoms with Crippen LogP contribution in [0.4, 0.5) is 21.0 Å². The summed E-state index contributed by atoms with van der Waals surface area (Å²) < 4.78 is 12.0. The quantitative estimate of drug-likeness (QED) is 0.0522. The van der Waals surface area contributed by atoms with Crippen molar-refractivity contribution >= 4 is 69.0 Å². The first-order valence-electron chi connectivity index (χ1n) is 26.5. The van der Waals surface area contributed by atoms with Crippen molar-refractivity contribution in [1.82, 2.24) is 34.8 Å². The van der Waals surface area contributed by atoms with E-state index in [1.54, 1.807) is 58.3 Å². The molecule has 3 aliphatic heterocycles. The molecule has 6 amide bonds. The average Bonchev–Trinajstić information content (AvgIpc) is 4.19. The molecular formula is C57H73N9O8. The lowest BCUT2D eigenvalue weighted by Crippen LogP contribution is -2.48. The van der Waals surface area contributed by atoms with Crippen molar-refractivity contribution in [3.05, 3.63) is 108 Å². The predicted molar refractivity (Wildman–Crippen MR) is 286 cm³/mol. The number of methoxy groups -OCH3 is 2. The molecule has 17 nitrogen and oxygen atoms in total. The second-order valence-electron chi connectivity index (χ2n) is 19.9. The van der Waals surface area contributed by atoms with Gasteiger partial charge in [-0.05, 0) is 87.5 Å². The lowest BCUT2D eigenvalue weighted by Gasteiger charge is -2.32. The first kappa shape index (κ1) is 53.3. The van der Waals surface area contributed by atoms with Gasteiger partial charge < -0.3 is 54.9 Å². The van der Waals surface area contributed by atoms with Crippen LogP contribution in [-0.2, 0) is 35.2 Å². The van der Waals surface area contributed by atoms with E-state index in [1.807, 2.05) is 48.5 Å². The third-order valence-corrected chi connectivity index (χ3v) is 14.9. The molecule has 0 bridgehead atoms. The smallest absolute Gasteiger partial charge is 0.407 e. The van der Waals surface area contributed by atoms with Gasteiger partial charge in [0.05, 0.1) is 25.3 Å². The third-order valence-electron chi connectivity index (χ3n) is 14.9. The monoisotopic (exact) mass is 1010 g/mol. The Morgan fingerprint density at radius 3 is 1.38 bits per heavy atom. The maximum absolute atomic E-state index is 14.2. The van der Waals surface area contributed by atoms with Crippen LogP contribution in [-0.4, -0.2) is 139 Å². The number of carbonyl (C=O) groups excluding carboxylic acids is 6. The number of nitrogens with one attached hydrogen (secondary N) is 4. The first-order chi connectivity index (χ1) is 36.0. The van der Waals surface area contributed by atoms with Crippen molar-refractivity contribution in [3.63, 3.8) is 0 Å². The van der Waals surface area contributed by atoms with Crippen molar-refractivity contribution in [3.8, 4) is 0 Å². The van der Waals surface area contributed by atoms with Crippen molar-refractivity contribution in [2.24, 2.45) is 0 Å². The number of fused-ring (bicyclic) bond motifs is 3. The van der Waals surface area contributed by atoms with Crippen LogP contribution in [0.2, 0.25) is 0 Å². The van der Waals surface area contributed by atoms with Gasteiger partial charge in [-0.2, -0.15) is 0 Å². The van der Waals surface area contributed by atoms with Crippen LogP contribution < -0.4 is 21.3 Å². The molecule has 3 aliphatic rings. The second kappa shape index (κ2) is 25.8. The maximum Gasteiger partial charge on any atom is 0.407 e. The SMILES string of the molecule is COC(=O)N[C@@H](C(=O)N1CCC[C@H]1C(=O)Nc1ccc2c3ccc(NC(=O)[C@@H]4CCCN4C(=O)[C@H](NC(=O)OC)c4ccccc4)cc3n(CCCCCCCCCCN3CCN(C)CC3)c2c1)c1ccccc1. The Hall–Kier alpha value is -6.98. The summed E-state index contributed by atoms with van der Waals surface area (Å²) in [6, 6.07) is 26.0. The van der Waals surface area contributed by atoms with Crippen LogP contribution in [0.15, 0.2) is 97.1 Å². The lowest BCUT2D eigenvalue weighted by molar-refractivity contribution is -0.138. The summed E-state index contributed by atoms with van der Waals surface area (Å²) in [5, 5.41) is 13.5. The largest absolute Gasteiger partial charge is 0.453 e. The number of rotatable bonds is 21. The molecule has 4 heterocycles. The van der Waals surface area contributed by atoms with E-state index >= 15 is 0 Å². The van der Waals surface area contributed by atoms with E-state index in [4.69, 9.17) is 9.47 Å². The highest BCUT2D eigenvalue weighted by molar-refractivity contribution is 6.11. The molecule has 3 saturated heterocycles. The van der Waals surface area contributed by atoms with Gasteiger partial charge in [0.1, 0.15) is 24.2 Å². The zero-order valence-corrected chi connectivity index (χ0v) is 43.2. The summed E-state index contributed by atoms with van der Waals surface area (Å²) in [6.45, 7) is 7.27. The number of nitrogens with zero attached hydrogens (tertiary/aromatic N) is 5. The van der Waals surface area contributed by atoms with Crippen molar-refractivity contribution < 1.29 is 38.2 Å². The Morgan fingerprint density at radius 2 is 0.946 bits per heavy atom. The van der Waals surface area contributed by atoms with Crippen LogP contribution in [0.3, 0.4) is 0 Å². The summed E-state index contributed by atoms with van der Waals surface area (Å²) in [4.78, 5) is 89.5. The zero-order valence-electron chi connectivity index (χ0n) is 43.2. The average molecular weight is 1010 g/mol. The minimum absolute atomic E-state index is 0.317. The van der Waals surface area contributed by atoms with Gasteiger partial charge in [0, 0.05) is 68.0 Å². The number of benzene rings is 4. The number of aryl methyl sites for hydroxylation is 1. The maximum atomic E-state index is 14.2. The van der Waals surface area contributed by atoms with Gasteiger partial charge >= 0.3 is 12.2 Å². The van der Waals surface area contributed by atoms with E-state index < -0.39 is 48.2 Å². The summed E-state index contributed by atoms with van der Waals surface area (Å²) >= 11 is 0. The molecule has 4 N–H and O–H groups in total. The number of alkyl carbamates (subject to hydrolysis) is 2. The van der Waals surface area contributed by atoms with Crippen LogP contribution in [0.5, 0.6) is 0 Å². The molecule has 0 saturated carbocycles. The molecule has 1 aromatic heterocycles. The molecular weight excluding hydrogens is 939 g/mol. The summed E-state index contributed by atoms with van der Waals surface area (Å²) in [6.07, 6.45) is 9.98. The molecule has 0 spiro atoms. The van der Waals surface area contributed by atoms with Crippen LogP contribution in [0, 0.1) is 0 Å². The highest BCUT2D eigenvalue weighted by Crippen LogP contribution is 2.35. The van der Waals surface area contributed by atoms with Gasteiger partial charge in [-0.25, -0.2) is 9.59 Å². The molecule has 3 fully saturated rings. The van der Waals surface area contributed by atoms with Gasteiger partial charge in [-0.15, -0.1) is 0 Å². The molecule has 0 unspecified atom stereocenters. The number of likely N-dealkylation sites (tertiary alicyclic amines) is 2. The number of ether oxygens (including phenoxy) is 2. The lowest BCUT2D eigenvalue weighted by atomic mass is 10.0. The summed E-state index contributed by atoms with van der Waals surface area (Å²) in [5.41, 5.74) is 4.18. The van der Waals surface area contributed by atoms with Crippen molar-refractivity contribution in [2.45, 2.75) is 108 Å². The van der Waals surface area contributed by atoms with Gasteiger partial charge in [0.15, 0.2) is 0 Å². The predicted octanol–water partition coefficient (Wildman–Crippen LogP) is 8.22. The Balaban J connectivity index is 0.979. The Bertz CT molecular complexity index is 2560. The Morgan fingerprint density at radius 1 is 0.527 bits per heavy atom. The molecule has 17 heteroatoms. The fourth-order valence-corrected chi connectivity index (χ4v) is 10.8. The van der Waals surface area contributed by atoms with Gasteiger partial charge in [-0.1, -0.05) is 111 Å². The number of hydrogen-bond donors (Lipinski definition) is 4. The minimum atomic E-state index is -1.03. The molecule has 0 aliphatic carbocycles. The van der Waals surface area contributed by atoms with Crippen LogP contribution in [0.1, 0.15) is 100 Å². The molecule has 5 aromatic rings. The minimum Gasteiger partial charge on any atom is -0.453 e. The standard InChI is InChI=1S/C57H73N9O8/c1-62-34-36-63(37-35-62)30-16-8-6-4-5-7-9-17-31-64-48-38-42(58-52(67)46-24-18-32-65(46)54(69)50(60-56(71)73-2)40-20-12-10-13-21-40)26-28-44(48)45-29-27-43(39-49(45)64)59-53(68)47-25-19-33-66(47)55(70)51(61-57(72)74-3)41-22-14-11-15-23-41/h10-15,20-23,26-29,38-39,46-47,50-51H,4-9,16-19,24-25,30-37H2,1-3H3,(H,58,67)(H,59,68)(H,60,71)(H,61,72)/t46-,47-,50+,51+/m0/s1. The van der Waals surface area contributed by atoms with Gasteiger partial charge in [-0.3, -0.25) is 19.2 Å². The number of carbonyl (C=O) groups is 6. The van der Waals surface area contributed by atoms with Crippen LogP contribution in [0.25, 0.3) is 21.8 Å². The van der Waals surface area contributed by atoms with Gasteiger partial charge in [0.25, 0.3) is 11.8 Å². The third kappa shape index (κ3) is 13.2. The molecule has 74 heavy (non-hydrogen) atoms. The van der Waals surface area contributed by atoms with Crippen molar-refractivity contribution in [1.29, 1.82) is 0 Å². The number of unbranched alkanes of at least 4 members (excludes halogenated alkanes) is 7. The molecule has 394 valence electrons. The first-order valence-corrected chi connectivity index (χ1v) is 26.5. The Labute approximate surface area is 434 Å². The number of likely N-dealkylation sites (N-methyl/N-ethyl adjacent to an activating group) is 1. The summed E-state index contributed by atoms with van der Waals surface area (Å²) in [5.74, 6) is -1.42. The number of anilines is 2. The fraction of sp³-hybridized carbons (Fsp3) is 0.474. The van der Waals surface area contributed by atoms with E-state index in [1.165, 1.54) is 66.0 Å². The number of aromatic nitrogens is 1. The van der Waals surface area contributed by atoms with Crippen molar-refractivity contribution in [2.75, 3.05) is 77.7 Å². The number of piperazine rings is 1.